The number of nitrogens with one attached hydrogen (secondary N) is 2. The molecule has 0 atom stereocenters. The van der Waals surface area contributed by atoms with E-state index in [4.69, 9.17) is 0 Å². The topological polar surface area (TPSA) is 62.0 Å². The predicted octanol–water partition coefficient (Wildman–Crippen LogP) is 3.35. The third-order valence-electron chi connectivity index (χ3n) is 3.99. The zero-order valence-electron chi connectivity index (χ0n) is 11.6. The van der Waals surface area contributed by atoms with Crippen molar-refractivity contribution in [3.05, 3.63) is 44.7 Å². The Labute approximate surface area is 131 Å². The number of carbonyl (C=O) groups excluding carboxylic acids is 1. The summed E-state index contributed by atoms with van der Waals surface area (Å²) in [5, 5.41) is 3.83. The average molecular weight is 349 g/mol. The van der Waals surface area contributed by atoms with Gasteiger partial charge in [-0.2, -0.15) is 0 Å². The van der Waals surface area contributed by atoms with Crippen LogP contribution >= 0.6 is 15.9 Å². The molecule has 0 radical (unpaired) electrons. The van der Waals surface area contributed by atoms with Crippen LogP contribution in [0.4, 0.5) is 0 Å². The third-order valence-corrected chi connectivity index (χ3v) is 4.48. The number of pyridine rings is 1. The number of benzene rings is 1. The normalized spacial score (nSPS) is 16.0. The van der Waals surface area contributed by atoms with E-state index in [0.29, 0.717) is 11.1 Å². The lowest BCUT2D eigenvalue weighted by Crippen LogP contribution is -2.36. The molecule has 110 valence electrons. The van der Waals surface area contributed by atoms with Crippen molar-refractivity contribution in [2.75, 3.05) is 0 Å². The number of halogens is 1. The fourth-order valence-electron chi connectivity index (χ4n) is 2.92. The van der Waals surface area contributed by atoms with Crippen molar-refractivity contribution >= 4 is 32.7 Å². The van der Waals surface area contributed by atoms with Gasteiger partial charge in [-0.25, -0.2) is 0 Å². The summed E-state index contributed by atoms with van der Waals surface area (Å²) in [5.41, 5.74) is 0.874. The Morgan fingerprint density at radius 1 is 1.19 bits per heavy atom. The number of aromatic nitrogens is 1. The molecule has 0 bridgehead atoms. The first-order valence-corrected chi connectivity index (χ1v) is 8.06. The Morgan fingerprint density at radius 3 is 2.71 bits per heavy atom. The number of rotatable bonds is 2. The molecular weight excluding hydrogens is 332 g/mol. The van der Waals surface area contributed by atoms with Crippen LogP contribution in [0.15, 0.2) is 33.5 Å². The van der Waals surface area contributed by atoms with Crippen LogP contribution in [-0.4, -0.2) is 16.9 Å². The zero-order chi connectivity index (χ0) is 14.8. The number of hydrogen-bond acceptors (Lipinski definition) is 2. The molecule has 1 amide bonds. The Morgan fingerprint density at radius 2 is 1.95 bits per heavy atom. The van der Waals surface area contributed by atoms with Crippen molar-refractivity contribution in [1.82, 2.24) is 10.3 Å². The van der Waals surface area contributed by atoms with Crippen LogP contribution in [0.5, 0.6) is 0 Å². The van der Waals surface area contributed by atoms with Gasteiger partial charge in [0.1, 0.15) is 0 Å². The van der Waals surface area contributed by atoms with Gasteiger partial charge >= 0.3 is 0 Å². The van der Waals surface area contributed by atoms with E-state index >= 15 is 0 Å². The Balaban J connectivity index is 1.96. The van der Waals surface area contributed by atoms with Gasteiger partial charge in [-0.3, -0.25) is 9.59 Å². The summed E-state index contributed by atoms with van der Waals surface area (Å²) in [5.74, 6) is -0.156. The van der Waals surface area contributed by atoms with Gasteiger partial charge in [0.15, 0.2) is 0 Å². The molecule has 1 aromatic heterocycles. The van der Waals surface area contributed by atoms with Crippen molar-refractivity contribution in [2.45, 2.75) is 38.1 Å². The first-order valence-electron chi connectivity index (χ1n) is 7.27. The standard InChI is InChI=1S/C16H17BrN2O2/c17-10-6-7-14-12(8-10)13(9-15(20)19-14)16(21)18-11-4-2-1-3-5-11/h6-9,11H,1-5H2,(H,18,21)(H,19,20). The predicted molar refractivity (Wildman–Crippen MR) is 86.6 cm³/mol. The molecule has 21 heavy (non-hydrogen) atoms. The highest BCUT2D eigenvalue weighted by Crippen LogP contribution is 2.22. The first-order chi connectivity index (χ1) is 10.1. The Bertz CT molecular complexity index is 733. The molecule has 2 N–H and O–H groups in total. The molecule has 0 aliphatic heterocycles. The molecule has 2 aromatic rings. The van der Waals surface area contributed by atoms with Gasteiger partial charge in [-0.05, 0) is 31.0 Å². The smallest absolute Gasteiger partial charge is 0.252 e. The van der Waals surface area contributed by atoms with Gasteiger partial charge in [0.05, 0.1) is 5.56 Å². The number of amides is 1. The van der Waals surface area contributed by atoms with Crippen molar-refractivity contribution in [3.8, 4) is 0 Å². The summed E-state index contributed by atoms with van der Waals surface area (Å²) < 4.78 is 0.883. The van der Waals surface area contributed by atoms with E-state index in [0.717, 1.165) is 35.5 Å². The molecular formula is C16H17BrN2O2. The maximum Gasteiger partial charge on any atom is 0.252 e. The van der Waals surface area contributed by atoms with Crippen LogP contribution < -0.4 is 10.9 Å². The maximum atomic E-state index is 12.5. The summed E-state index contributed by atoms with van der Waals surface area (Å²) in [4.78, 5) is 27.0. The molecule has 0 saturated heterocycles. The van der Waals surface area contributed by atoms with Crippen molar-refractivity contribution < 1.29 is 4.79 Å². The van der Waals surface area contributed by atoms with Gasteiger partial charge in [0, 0.05) is 27.5 Å². The molecule has 1 aliphatic rings. The van der Waals surface area contributed by atoms with Gasteiger partial charge < -0.3 is 10.3 Å². The number of H-pyrrole nitrogens is 1. The second-order valence-electron chi connectivity index (χ2n) is 5.55. The SMILES string of the molecule is O=C(NC1CCCCC1)c1cc(=O)[nH]c2ccc(Br)cc12. The van der Waals surface area contributed by atoms with Crippen molar-refractivity contribution in [2.24, 2.45) is 0 Å². The van der Waals surface area contributed by atoms with Crippen LogP contribution in [0, 0.1) is 0 Å². The molecule has 0 spiro atoms. The van der Waals surface area contributed by atoms with E-state index in [2.05, 4.69) is 26.2 Å². The highest BCUT2D eigenvalue weighted by molar-refractivity contribution is 9.10. The summed E-state index contributed by atoms with van der Waals surface area (Å²) in [6.45, 7) is 0. The van der Waals surface area contributed by atoms with Crippen LogP contribution in [0.3, 0.4) is 0 Å². The van der Waals surface area contributed by atoms with E-state index in [9.17, 15) is 9.59 Å². The van der Waals surface area contributed by atoms with Gasteiger partial charge in [0.25, 0.3) is 5.91 Å². The Kier molecular flexibility index (Phi) is 4.10. The highest BCUT2D eigenvalue weighted by atomic mass is 79.9. The monoisotopic (exact) mass is 348 g/mol. The minimum absolute atomic E-state index is 0.156. The van der Waals surface area contributed by atoms with E-state index in [1.54, 1.807) is 6.07 Å². The maximum absolute atomic E-state index is 12.5. The lowest BCUT2D eigenvalue weighted by molar-refractivity contribution is 0.0929. The highest BCUT2D eigenvalue weighted by Gasteiger charge is 2.18. The van der Waals surface area contributed by atoms with Crippen molar-refractivity contribution in [1.29, 1.82) is 0 Å². The molecule has 1 heterocycles. The average Bonchev–Trinajstić information content (AvgIpc) is 2.48. The number of carbonyl (C=O) groups is 1. The first kappa shape index (κ1) is 14.3. The van der Waals surface area contributed by atoms with E-state index in [1.165, 1.54) is 12.5 Å². The largest absolute Gasteiger partial charge is 0.349 e. The number of fused-ring (bicyclic) bond motifs is 1. The van der Waals surface area contributed by atoms with Crippen LogP contribution in [0.1, 0.15) is 42.5 Å². The quantitative estimate of drug-likeness (QED) is 0.873. The van der Waals surface area contributed by atoms with E-state index < -0.39 is 0 Å². The fraction of sp³-hybridized carbons (Fsp3) is 0.375. The number of aromatic amines is 1. The van der Waals surface area contributed by atoms with Gasteiger partial charge in [-0.15, -0.1) is 0 Å². The summed E-state index contributed by atoms with van der Waals surface area (Å²) in [6.07, 6.45) is 5.61. The zero-order valence-corrected chi connectivity index (χ0v) is 13.2. The molecule has 1 saturated carbocycles. The lowest BCUT2D eigenvalue weighted by atomic mass is 9.95. The summed E-state index contributed by atoms with van der Waals surface area (Å²) in [7, 11) is 0. The van der Waals surface area contributed by atoms with Crippen LogP contribution in [-0.2, 0) is 0 Å². The second-order valence-corrected chi connectivity index (χ2v) is 6.46. The molecule has 3 rings (SSSR count). The van der Waals surface area contributed by atoms with E-state index in [-0.39, 0.29) is 17.5 Å². The lowest BCUT2D eigenvalue weighted by Gasteiger charge is -2.23. The second kappa shape index (κ2) is 6.02. The fourth-order valence-corrected chi connectivity index (χ4v) is 3.28. The molecule has 1 aliphatic carbocycles. The van der Waals surface area contributed by atoms with Crippen molar-refractivity contribution in [3.63, 3.8) is 0 Å². The molecule has 1 fully saturated rings. The van der Waals surface area contributed by atoms with Crippen LogP contribution in [0.2, 0.25) is 0 Å². The Hall–Kier alpha value is -1.62. The molecule has 1 aromatic carbocycles. The van der Waals surface area contributed by atoms with Gasteiger partial charge in [-0.1, -0.05) is 35.2 Å². The van der Waals surface area contributed by atoms with E-state index in [1.807, 2.05) is 12.1 Å². The summed E-state index contributed by atoms with van der Waals surface area (Å²) >= 11 is 3.41. The third kappa shape index (κ3) is 3.18. The molecule has 5 heteroatoms. The number of hydrogen-bond donors (Lipinski definition) is 2. The minimum atomic E-state index is -0.251. The van der Waals surface area contributed by atoms with Gasteiger partial charge in [0.2, 0.25) is 5.56 Å². The molecule has 0 unspecified atom stereocenters. The van der Waals surface area contributed by atoms with Crippen LogP contribution in [0.25, 0.3) is 10.9 Å². The minimum Gasteiger partial charge on any atom is -0.349 e. The summed E-state index contributed by atoms with van der Waals surface area (Å²) in [6, 6.07) is 7.13. The molecule has 4 nitrogen and oxygen atoms in total.